The number of benzene rings is 1. The second kappa shape index (κ2) is 3.90. The largest absolute Gasteiger partial charge is 0.387 e. The molecule has 1 aromatic carbocycles. The Morgan fingerprint density at radius 3 is 2.46 bits per heavy atom. The van der Waals surface area contributed by atoms with Gasteiger partial charge in [-0.15, -0.1) is 0 Å². The number of aryl methyl sites for hydroxylation is 2. The van der Waals surface area contributed by atoms with E-state index in [2.05, 4.69) is 0 Å². The first-order chi connectivity index (χ1) is 6.02. The average molecular weight is 179 g/mol. The molecule has 0 radical (unpaired) electrons. The minimum absolute atomic E-state index is 0.222. The Morgan fingerprint density at radius 2 is 1.92 bits per heavy atom. The van der Waals surface area contributed by atoms with Gasteiger partial charge in [-0.05, 0) is 31.9 Å². The molecule has 0 aliphatic carbocycles. The van der Waals surface area contributed by atoms with E-state index in [1.54, 1.807) is 0 Å². The van der Waals surface area contributed by atoms with Crippen LogP contribution in [0, 0.1) is 13.8 Å². The van der Waals surface area contributed by atoms with Gasteiger partial charge in [0, 0.05) is 6.04 Å². The number of aliphatic hydroxyl groups is 1. The molecule has 0 amide bonds. The van der Waals surface area contributed by atoms with E-state index >= 15 is 0 Å². The Kier molecular flexibility index (Phi) is 3.07. The van der Waals surface area contributed by atoms with Crippen molar-refractivity contribution in [2.75, 3.05) is 0 Å². The van der Waals surface area contributed by atoms with Crippen LogP contribution in [0.5, 0.6) is 0 Å². The van der Waals surface area contributed by atoms with Crippen LogP contribution in [-0.4, -0.2) is 11.1 Å². The molecular weight excluding hydrogens is 162 g/mol. The van der Waals surface area contributed by atoms with Gasteiger partial charge >= 0.3 is 0 Å². The molecule has 0 aliphatic heterocycles. The monoisotopic (exact) mass is 179 g/mol. The number of hydrogen-bond acceptors (Lipinski definition) is 2. The fourth-order valence-corrected chi connectivity index (χ4v) is 1.36. The van der Waals surface area contributed by atoms with Gasteiger partial charge in [-0.25, -0.2) is 0 Å². The van der Waals surface area contributed by atoms with E-state index in [1.165, 1.54) is 0 Å². The van der Waals surface area contributed by atoms with Crippen molar-refractivity contribution in [1.82, 2.24) is 0 Å². The Bertz CT molecular complexity index is 294. The second-order valence-electron chi connectivity index (χ2n) is 3.66. The Morgan fingerprint density at radius 1 is 1.31 bits per heavy atom. The molecule has 0 saturated heterocycles. The van der Waals surface area contributed by atoms with Gasteiger partial charge in [0.05, 0.1) is 6.10 Å². The van der Waals surface area contributed by atoms with Crippen molar-refractivity contribution < 1.29 is 5.11 Å². The van der Waals surface area contributed by atoms with Crippen LogP contribution in [0.1, 0.15) is 29.7 Å². The van der Waals surface area contributed by atoms with Gasteiger partial charge in [0.2, 0.25) is 0 Å². The van der Waals surface area contributed by atoms with Crippen LogP contribution >= 0.6 is 0 Å². The zero-order valence-electron chi connectivity index (χ0n) is 8.41. The third-order valence-electron chi connectivity index (χ3n) is 2.25. The Labute approximate surface area is 79.4 Å². The van der Waals surface area contributed by atoms with Crippen molar-refractivity contribution in [3.05, 3.63) is 34.9 Å². The molecule has 13 heavy (non-hydrogen) atoms. The highest BCUT2D eigenvalue weighted by Crippen LogP contribution is 2.20. The van der Waals surface area contributed by atoms with Gasteiger partial charge in [0.15, 0.2) is 0 Å². The van der Waals surface area contributed by atoms with Crippen LogP contribution in [-0.2, 0) is 0 Å². The zero-order valence-corrected chi connectivity index (χ0v) is 8.41. The first kappa shape index (κ1) is 10.2. The molecule has 0 unspecified atom stereocenters. The fraction of sp³-hybridized carbons (Fsp3) is 0.455. The number of rotatable bonds is 2. The highest BCUT2D eigenvalue weighted by atomic mass is 16.3. The Hall–Kier alpha value is -0.860. The van der Waals surface area contributed by atoms with E-state index in [9.17, 15) is 5.11 Å². The molecule has 72 valence electrons. The molecule has 1 aromatic rings. The topological polar surface area (TPSA) is 46.2 Å². The van der Waals surface area contributed by atoms with Gasteiger partial charge in [-0.3, -0.25) is 0 Å². The van der Waals surface area contributed by atoms with E-state index in [0.717, 1.165) is 16.7 Å². The summed E-state index contributed by atoms with van der Waals surface area (Å²) in [6, 6.07) is 5.81. The summed E-state index contributed by atoms with van der Waals surface area (Å²) in [5.74, 6) is 0. The normalized spacial score (nSPS) is 15.5. The number of aliphatic hydroxyl groups excluding tert-OH is 1. The lowest BCUT2D eigenvalue weighted by Gasteiger charge is -2.17. The maximum absolute atomic E-state index is 9.78. The van der Waals surface area contributed by atoms with Crippen LogP contribution in [0.15, 0.2) is 18.2 Å². The van der Waals surface area contributed by atoms with Crippen LogP contribution < -0.4 is 5.73 Å². The molecule has 2 nitrogen and oxygen atoms in total. The maximum atomic E-state index is 9.78. The van der Waals surface area contributed by atoms with Crippen molar-refractivity contribution in [2.24, 2.45) is 5.73 Å². The van der Waals surface area contributed by atoms with Crippen molar-refractivity contribution >= 4 is 0 Å². The smallest absolute Gasteiger partial charge is 0.0940 e. The van der Waals surface area contributed by atoms with E-state index in [4.69, 9.17) is 5.73 Å². The molecule has 0 saturated carbocycles. The molecule has 2 heteroatoms. The predicted octanol–water partition coefficient (Wildman–Crippen LogP) is 1.68. The van der Waals surface area contributed by atoms with Crippen molar-refractivity contribution in [3.63, 3.8) is 0 Å². The van der Waals surface area contributed by atoms with Crippen LogP contribution in [0.2, 0.25) is 0 Å². The summed E-state index contributed by atoms with van der Waals surface area (Å²) in [5.41, 5.74) is 8.82. The zero-order chi connectivity index (χ0) is 10.0. The second-order valence-corrected chi connectivity index (χ2v) is 3.66. The highest BCUT2D eigenvalue weighted by Gasteiger charge is 2.14. The quantitative estimate of drug-likeness (QED) is 0.725. The molecule has 1 rings (SSSR count). The third kappa shape index (κ3) is 2.29. The predicted molar refractivity (Wildman–Crippen MR) is 54.5 cm³/mol. The first-order valence-electron chi connectivity index (χ1n) is 4.53. The van der Waals surface area contributed by atoms with Crippen molar-refractivity contribution in [1.29, 1.82) is 0 Å². The average Bonchev–Trinajstić information content (AvgIpc) is 2.08. The molecular formula is C11H17NO. The van der Waals surface area contributed by atoms with Crippen LogP contribution in [0.25, 0.3) is 0 Å². The summed E-state index contributed by atoms with van der Waals surface area (Å²) >= 11 is 0. The van der Waals surface area contributed by atoms with E-state index in [-0.39, 0.29) is 6.04 Å². The van der Waals surface area contributed by atoms with E-state index in [1.807, 2.05) is 39.0 Å². The summed E-state index contributed by atoms with van der Waals surface area (Å²) in [4.78, 5) is 0. The summed E-state index contributed by atoms with van der Waals surface area (Å²) in [6.45, 7) is 5.81. The standard InChI is InChI=1S/C11H17NO/c1-7-4-5-8(2)10(6-7)11(13)9(3)12/h4-6,9,11,13H,12H2,1-3H3/t9-,11-/m1/s1. The van der Waals surface area contributed by atoms with Gasteiger partial charge < -0.3 is 10.8 Å². The molecule has 2 atom stereocenters. The molecule has 0 aliphatic rings. The molecule has 0 fully saturated rings. The van der Waals surface area contributed by atoms with Crippen LogP contribution in [0.3, 0.4) is 0 Å². The van der Waals surface area contributed by atoms with Crippen molar-refractivity contribution in [2.45, 2.75) is 32.9 Å². The maximum Gasteiger partial charge on any atom is 0.0940 e. The summed E-state index contributed by atoms with van der Waals surface area (Å²) in [6.07, 6.45) is -0.556. The lowest BCUT2D eigenvalue weighted by molar-refractivity contribution is 0.152. The fourth-order valence-electron chi connectivity index (χ4n) is 1.36. The Balaban J connectivity index is 3.05. The molecule has 0 heterocycles. The lowest BCUT2D eigenvalue weighted by atomic mass is 9.97. The van der Waals surface area contributed by atoms with Gasteiger partial charge in [-0.1, -0.05) is 23.8 Å². The highest BCUT2D eigenvalue weighted by molar-refractivity contribution is 5.32. The summed E-state index contributed by atoms with van der Waals surface area (Å²) in [7, 11) is 0. The third-order valence-corrected chi connectivity index (χ3v) is 2.25. The summed E-state index contributed by atoms with van der Waals surface area (Å²) in [5, 5.41) is 9.78. The molecule has 0 aromatic heterocycles. The van der Waals surface area contributed by atoms with Crippen LogP contribution in [0.4, 0.5) is 0 Å². The molecule has 3 N–H and O–H groups in total. The lowest BCUT2D eigenvalue weighted by Crippen LogP contribution is -2.25. The number of hydrogen-bond donors (Lipinski definition) is 2. The SMILES string of the molecule is Cc1ccc(C)c([C@H](O)[C@@H](C)N)c1. The summed E-state index contributed by atoms with van der Waals surface area (Å²) < 4.78 is 0. The van der Waals surface area contributed by atoms with Gasteiger partial charge in [0.25, 0.3) is 0 Å². The molecule has 0 spiro atoms. The molecule has 0 bridgehead atoms. The van der Waals surface area contributed by atoms with Gasteiger partial charge in [0.1, 0.15) is 0 Å². The minimum atomic E-state index is -0.556. The first-order valence-corrected chi connectivity index (χ1v) is 4.53. The van der Waals surface area contributed by atoms with Crippen molar-refractivity contribution in [3.8, 4) is 0 Å². The minimum Gasteiger partial charge on any atom is -0.387 e. The van der Waals surface area contributed by atoms with Gasteiger partial charge in [-0.2, -0.15) is 0 Å². The number of nitrogens with two attached hydrogens (primary N) is 1. The van der Waals surface area contributed by atoms with E-state index in [0.29, 0.717) is 0 Å². The van der Waals surface area contributed by atoms with E-state index < -0.39 is 6.10 Å².